The molecule has 1 fully saturated rings. The first kappa shape index (κ1) is 15.6. The summed E-state index contributed by atoms with van der Waals surface area (Å²) in [4.78, 5) is 13.9. The molecule has 0 radical (unpaired) electrons. The number of ether oxygens (including phenoxy) is 2. The van der Waals surface area contributed by atoms with E-state index in [1.54, 1.807) is 4.90 Å². The van der Waals surface area contributed by atoms with E-state index in [0.717, 1.165) is 11.3 Å². The van der Waals surface area contributed by atoms with Crippen LogP contribution in [0.2, 0.25) is 0 Å². The molecule has 2 rings (SSSR count). The lowest BCUT2D eigenvalue weighted by atomic mass is 10.2. The second-order valence-corrected chi connectivity index (χ2v) is 5.56. The first-order valence-electron chi connectivity index (χ1n) is 7.42. The predicted molar refractivity (Wildman–Crippen MR) is 81.7 cm³/mol. The minimum absolute atomic E-state index is 0.0511. The molecule has 1 aliphatic rings. The molecule has 1 aromatic rings. The van der Waals surface area contributed by atoms with Gasteiger partial charge in [-0.1, -0.05) is 12.1 Å². The fourth-order valence-electron chi connectivity index (χ4n) is 2.49. The molecule has 0 aliphatic carbocycles. The zero-order chi connectivity index (χ0) is 15.2. The van der Waals surface area contributed by atoms with Crippen molar-refractivity contribution in [3.63, 3.8) is 0 Å². The second-order valence-electron chi connectivity index (χ2n) is 5.56. The van der Waals surface area contributed by atoms with Gasteiger partial charge in [-0.05, 0) is 38.5 Å². The maximum atomic E-state index is 12.1. The van der Waals surface area contributed by atoms with Crippen LogP contribution in [0.25, 0.3) is 0 Å². The van der Waals surface area contributed by atoms with Gasteiger partial charge in [0.25, 0.3) is 0 Å². The van der Waals surface area contributed by atoms with Gasteiger partial charge in [0.15, 0.2) is 0 Å². The van der Waals surface area contributed by atoms with Gasteiger partial charge in [-0.3, -0.25) is 0 Å². The highest BCUT2D eigenvalue weighted by Crippen LogP contribution is 2.12. The van der Waals surface area contributed by atoms with Crippen LogP contribution in [0.15, 0.2) is 24.3 Å². The Bertz CT molecular complexity index is 468. The highest BCUT2D eigenvalue weighted by molar-refractivity contribution is 5.74. The van der Waals surface area contributed by atoms with Crippen LogP contribution in [0.5, 0.6) is 5.75 Å². The standard InChI is InChI=1S/C16H24N2O3/c1-12-5-4-6-15(9-12)20-8-7-17-16(19)18-10-13(2)21-14(3)11-18/h4-6,9,13-14H,7-8,10-11H2,1-3H3,(H,17,19)/t13-,14-/m1/s1. The van der Waals surface area contributed by atoms with Crippen LogP contribution < -0.4 is 10.1 Å². The monoisotopic (exact) mass is 292 g/mol. The minimum Gasteiger partial charge on any atom is -0.492 e. The molecule has 5 heteroatoms. The molecule has 5 nitrogen and oxygen atoms in total. The third kappa shape index (κ3) is 4.93. The van der Waals surface area contributed by atoms with Crippen LogP contribution in [-0.2, 0) is 4.74 Å². The third-order valence-electron chi connectivity index (χ3n) is 3.34. The largest absolute Gasteiger partial charge is 0.492 e. The summed E-state index contributed by atoms with van der Waals surface area (Å²) in [6.07, 6.45) is 0.172. The SMILES string of the molecule is Cc1cccc(OCCNC(=O)N2C[C@@H](C)O[C@H](C)C2)c1. The molecule has 0 aromatic heterocycles. The summed E-state index contributed by atoms with van der Waals surface area (Å²) in [5.41, 5.74) is 1.16. The van der Waals surface area contributed by atoms with E-state index in [9.17, 15) is 4.79 Å². The Labute approximate surface area is 126 Å². The molecule has 1 heterocycles. The molecule has 0 unspecified atom stereocenters. The lowest BCUT2D eigenvalue weighted by Crippen LogP contribution is -2.52. The molecule has 116 valence electrons. The van der Waals surface area contributed by atoms with Gasteiger partial charge in [0.05, 0.1) is 18.8 Å². The maximum Gasteiger partial charge on any atom is 0.317 e. The number of rotatable bonds is 4. The number of morpholine rings is 1. The van der Waals surface area contributed by atoms with Crippen molar-refractivity contribution in [2.75, 3.05) is 26.2 Å². The molecule has 21 heavy (non-hydrogen) atoms. The zero-order valence-electron chi connectivity index (χ0n) is 13.0. The summed E-state index contributed by atoms with van der Waals surface area (Å²) < 4.78 is 11.2. The van der Waals surface area contributed by atoms with E-state index in [2.05, 4.69) is 5.32 Å². The quantitative estimate of drug-likeness (QED) is 0.866. The Morgan fingerprint density at radius 3 is 2.76 bits per heavy atom. The van der Waals surface area contributed by atoms with E-state index in [1.165, 1.54) is 0 Å². The average Bonchev–Trinajstić information content (AvgIpc) is 2.42. The summed E-state index contributed by atoms with van der Waals surface area (Å²) in [6.45, 7) is 8.21. The second kappa shape index (κ2) is 7.31. The van der Waals surface area contributed by atoms with Crippen molar-refractivity contribution in [3.05, 3.63) is 29.8 Å². The lowest BCUT2D eigenvalue weighted by molar-refractivity contribution is -0.0545. The number of hydrogen-bond donors (Lipinski definition) is 1. The zero-order valence-corrected chi connectivity index (χ0v) is 13.0. The van der Waals surface area contributed by atoms with Crippen molar-refractivity contribution in [2.45, 2.75) is 33.0 Å². The van der Waals surface area contributed by atoms with Gasteiger partial charge in [-0.2, -0.15) is 0 Å². The Balaban J connectivity index is 1.69. The molecule has 0 spiro atoms. The molecule has 2 amide bonds. The Morgan fingerprint density at radius 1 is 1.38 bits per heavy atom. The number of urea groups is 1. The number of amides is 2. The van der Waals surface area contributed by atoms with Crippen LogP contribution in [0.1, 0.15) is 19.4 Å². The molecule has 0 bridgehead atoms. The first-order chi connectivity index (χ1) is 10.0. The highest BCUT2D eigenvalue weighted by atomic mass is 16.5. The molecule has 1 aromatic carbocycles. The van der Waals surface area contributed by atoms with E-state index >= 15 is 0 Å². The number of benzene rings is 1. The summed E-state index contributed by atoms with van der Waals surface area (Å²) >= 11 is 0. The number of aryl methyl sites for hydroxylation is 1. The average molecular weight is 292 g/mol. The number of hydrogen-bond acceptors (Lipinski definition) is 3. The fraction of sp³-hybridized carbons (Fsp3) is 0.562. The smallest absolute Gasteiger partial charge is 0.317 e. The van der Waals surface area contributed by atoms with Crippen molar-refractivity contribution >= 4 is 6.03 Å². The van der Waals surface area contributed by atoms with Gasteiger partial charge < -0.3 is 19.7 Å². The van der Waals surface area contributed by atoms with Gasteiger partial charge in [-0.25, -0.2) is 4.79 Å². The van der Waals surface area contributed by atoms with E-state index in [4.69, 9.17) is 9.47 Å². The van der Waals surface area contributed by atoms with E-state index < -0.39 is 0 Å². The number of carbonyl (C=O) groups is 1. The summed E-state index contributed by atoms with van der Waals surface area (Å²) in [5, 5.41) is 2.88. The van der Waals surface area contributed by atoms with Gasteiger partial charge in [0, 0.05) is 13.1 Å². The Kier molecular flexibility index (Phi) is 5.44. The normalized spacial score (nSPS) is 22.0. The molecular weight excluding hydrogens is 268 g/mol. The predicted octanol–water partition coefficient (Wildman–Crippen LogP) is 2.19. The van der Waals surface area contributed by atoms with Gasteiger partial charge in [0.2, 0.25) is 0 Å². The lowest BCUT2D eigenvalue weighted by Gasteiger charge is -2.35. The van der Waals surface area contributed by atoms with E-state index in [-0.39, 0.29) is 18.2 Å². The van der Waals surface area contributed by atoms with Crippen molar-refractivity contribution < 1.29 is 14.3 Å². The molecular formula is C16H24N2O3. The fourth-order valence-corrected chi connectivity index (χ4v) is 2.49. The van der Waals surface area contributed by atoms with Crippen LogP contribution in [0, 0.1) is 6.92 Å². The summed E-state index contributed by atoms with van der Waals surface area (Å²) in [6, 6.07) is 7.83. The van der Waals surface area contributed by atoms with Crippen molar-refractivity contribution in [1.29, 1.82) is 0 Å². The van der Waals surface area contributed by atoms with Crippen LogP contribution in [-0.4, -0.2) is 49.4 Å². The van der Waals surface area contributed by atoms with E-state index in [0.29, 0.717) is 26.2 Å². The highest BCUT2D eigenvalue weighted by Gasteiger charge is 2.25. The van der Waals surface area contributed by atoms with Crippen LogP contribution in [0.3, 0.4) is 0 Å². The summed E-state index contributed by atoms with van der Waals surface area (Å²) in [5.74, 6) is 0.831. The Hall–Kier alpha value is -1.75. The van der Waals surface area contributed by atoms with Crippen LogP contribution in [0.4, 0.5) is 4.79 Å². The topological polar surface area (TPSA) is 50.8 Å². The maximum absolute atomic E-state index is 12.1. The Morgan fingerprint density at radius 2 is 2.10 bits per heavy atom. The number of nitrogens with zero attached hydrogens (tertiary/aromatic N) is 1. The molecule has 2 atom stereocenters. The summed E-state index contributed by atoms with van der Waals surface area (Å²) in [7, 11) is 0. The van der Waals surface area contributed by atoms with E-state index in [1.807, 2.05) is 45.0 Å². The van der Waals surface area contributed by atoms with Crippen molar-refractivity contribution in [3.8, 4) is 5.75 Å². The number of carbonyl (C=O) groups excluding carboxylic acids is 1. The number of nitrogens with one attached hydrogen (secondary N) is 1. The molecule has 1 N–H and O–H groups in total. The molecule has 1 saturated heterocycles. The van der Waals surface area contributed by atoms with Gasteiger partial charge in [0.1, 0.15) is 12.4 Å². The third-order valence-corrected chi connectivity index (χ3v) is 3.34. The van der Waals surface area contributed by atoms with Gasteiger partial charge >= 0.3 is 6.03 Å². The van der Waals surface area contributed by atoms with Crippen LogP contribution >= 0.6 is 0 Å². The minimum atomic E-state index is -0.0511. The first-order valence-corrected chi connectivity index (χ1v) is 7.42. The van der Waals surface area contributed by atoms with Gasteiger partial charge in [-0.15, -0.1) is 0 Å². The van der Waals surface area contributed by atoms with Crippen molar-refractivity contribution in [2.24, 2.45) is 0 Å². The van der Waals surface area contributed by atoms with Crippen molar-refractivity contribution in [1.82, 2.24) is 10.2 Å². The molecule has 1 aliphatic heterocycles. The molecule has 0 saturated carbocycles.